The topological polar surface area (TPSA) is 66.0 Å². The molecule has 0 amide bonds. The molecule has 0 saturated carbocycles. The van der Waals surface area contributed by atoms with Crippen LogP contribution in [0, 0.1) is 20.8 Å². The lowest BCUT2D eigenvalue weighted by atomic mass is 10.0. The van der Waals surface area contributed by atoms with Gasteiger partial charge in [-0.15, -0.1) is 5.10 Å². The Bertz CT molecular complexity index is 867. The van der Waals surface area contributed by atoms with E-state index in [0.717, 1.165) is 39.4 Å². The van der Waals surface area contributed by atoms with Crippen molar-refractivity contribution >= 4 is 5.69 Å². The van der Waals surface area contributed by atoms with Gasteiger partial charge in [0.1, 0.15) is 11.4 Å². The second kappa shape index (κ2) is 5.76. The van der Waals surface area contributed by atoms with Gasteiger partial charge in [0.25, 0.3) is 0 Å². The molecular weight excluding hydrogens is 288 g/mol. The van der Waals surface area contributed by atoms with Crippen molar-refractivity contribution in [2.24, 2.45) is 0 Å². The fraction of sp³-hybridized carbons (Fsp3) is 0.222. The molecule has 3 aromatic rings. The first-order valence-electron chi connectivity index (χ1n) is 7.44. The number of anilines is 1. The van der Waals surface area contributed by atoms with Gasteiger partial charge in [0.2, 0.25) is 0 Å². The molecule has 2 aromatic carbocycles. The second-order valence-electron chi connectivity index (χ2n) is 5.76. The van der Waals surface area contributed by atoms with Crippen LogP contribution in [0.15, 0.2) is 36.5 Å². The van der Waals surface area contributed by atoms with E-state index in [1.54, 1.807) is 11.8 Å². The minimum absolute atomic E-state index is 0.701. The maximum atomic E-state index is 5.89. The number of aryl methyl sites for hydroxylation is 3. The molecule has 1 aromatic heterocycles. The molecule has 0 saturated heterocycles. The molecule has 2 N–H and O–H groups in total. The highest BCUT2D eigenvalue weighted by atomic mass is 16.5. The van der Waals surface area contributed by atoms with Gasteiger partial charge in [-0.2, -0.15) is 0 Å². The van der Waals surface area contributed by atoms with Crippen molar-refractivity contribution in [1.82, 2.24) is 15.0 Å². The van der Waals surface area contributed by atoms with Gasteiger partial charge in [0, 0.05) is 11.3 Å². The Morgan fingerprint density at radius 1 is 1.04 bits per heavy atom. The fourth-order valence-corrected chi connectivity index (χ4v) is 2.79. The third-order valence-electron chi connectivity index (χ3n) is 3.87. The highest BCUT2D eigenvalue weighted by molar-refractivity contribution is 5.70. The number of methoxy groups -OCH3 is 1. The lowest BCUT2D eigenvalue weighted by Gasteiger charge is -2.10. The third kappa shape index (κ3) is 2.77. The van der Waals surface area contributed by atoms with Crippen LogP contribution in [0.3, 0.4) is 0 Å². The van der Waals surface area contributed by atoms with Crippen molar-refractivity contribution in [1.29, 1.82) is 0 Å². The Labute approximate surface area is 135 Å². The average molecular weight is 308 g/mol. The van der Waals surface area contributed by atoms with Gasteiger partial charge in [0.05, 0.1) is 19.0 Å². The maximum Gasteiger partial charge on any atom is 0.131 e. The molecule has 0 aliphatic carbocycles. The van der Waals surface area contributed by atoms with Crippen LogP contribution in [0.1, 0.15) is 16.7 Å². The molecule has 0 bridgehead atoms. The van der Waals surface area contributed by atoms with E-state index < -0.39 is 0 Å². The molecule has 0 fully saturated rings. The quantitative estimate of drug-likeness (QED) is 0.753. The van der Waals surface area contributed by atoms with Crippen LogP contribution >= 0.6 is 0 Å². The molecule has 0 atom stereocenters. The monoisotopic (exact) mass is 308 g/mol. The maximum absolute atomic E-state index is 5.89. The molecule has 1 heterocycles. The summed E-state index contributed by atoms with van der Waals surface area (Å²) in [5, 5.41) is 8.57. The van der Waals surface area contributed by atoms with E-state index in [4.69, 9.17) is 10.5 Å². The van der Waals surface area contributed by atoms with Crippen molar-refractivity contribution in [3.05, 3.63) is 53.2 Å². The first kappa shape index (κ1) is 15.1. The highest BCUT2D eigenvalue weighted by Crippen LogP contribution is 2.33. The second-order valence-corrected chi connectivity index (χ2v) is 5.76. The number of rotatable bonds is 3. The molecule has 0 spiro atoms. The molecule has 0 radical (unpaired) electrons. The molecule has 5 heteroatoms. The normalized spacial score (nSPS) is 10.8. The van der Waals surface area contributed by atoms with E-state index in [9.17, 15) is 0 Å². The molecule has 0 aliphatic heterocycles. The van der Waals surface area contributed by atoms with Gasteiger partial charge in [-0.05, 0) is 55.7 Å². The van der Waals surface area contributed by atoms with E-state index in [2.05, 4.69) is 29.4 Å². The lowest BCUT2D eigenvalue weighted by molar-refractivity contribution is 0.413. The zero-order valence-corrected chi connectivity index (χ0v) is 13.8. The summed E-state index contributed by atoms with van der Waals surface area (Å²) in [5.41, 5.74) is 12.6. The summed E-state index contributed by atoms with van der Waals surface area (Å²) in [7, 11) is 1.67. The number of hydrogen-bond acceptors (Lipinski definition) is 4. The zero-order valence-electron chi connectivity index (χ0n) is 13.8. The molecular formula is C18H20N4O. The number of hydrogen-bond donors (Lipinski definition) is 1. The van der Waals surface area contributed by atoms with Gasteiger partial charge < -0.3 is 10.5 Å². The molecule has 0 aliphatic rings. The van der Waals surface area contributed by atoms with Gasteiger partial charge in [-0.1, -0.05) is 17.3 Å². The smallest absolute Gasteiger partial charge is 0.131 e. The molecule has 5 nitrogen and oxygen atoms in total. The number of benzene rings is 2. The van der Waals surface area contributed by atoms with Crippen LogP contribution < -0.4 is 10.5 Å². The molecule has 23 heavy (non-hydrogen) atoms. The lowest BCUT2D eigenvalue weighted by Crippen LogP contribution is -1.99. The van der Waals surface area contributed by atoms with E-state index in [0.29, 0.717) is 5.69 Å². The van der Waals surface area contributed by atoms with Crippen LogP contribution in [-0.2, 0) is 0 Å². The van der Waals surface area contributed by atoms with E-state index in [-0.39, 0.29) is 0 Å². The molecule has 118 valence electrons. The first-order valence-corrected chi connectivity index (χ1v) is 7.44. The minimum Gasteiger partial charge on any atom is -0.496 e. The first-order chi connectivity index (χ1) is 11.0. The third-order valence-corrected chi connectivity index (χ3v) is 3.87. The average Bonchev–Trinajstić information content (AvgIpc) is 2.98. The number of ether oxygens (including phenoxy) is 1. The number of nitrogen functional groups attached to an aromatic ring is 1. The van der Waals surface area contributed by atoms with Crippen molar-refractivity contribution in [3.63, 3.8) is 0 Å². The van der Waals surface area contributed by atoms with Gasteiger partial charge in [-0.3, -0.25) is 0 Å². The summed E-state index contributed by atoms with van der Waals surface area (Å²) in [6.45, 7) is 6.11. The summed E-state index contributed by atoms with van der Waals surface area (Å²) in [5.74, 6) is 0.826. The largest absolute Gasteiger partial charge is 0.496 e. The Hall–Kier alpha value is -2.82. The van der Waals surface area contributed by atoms with Crippen LogP contribution in [0.25, 0.3) is 16.9 Å². The molecule has 0 unspecified atom stereocenters. The van der Waals surface area contributed by atoms with Crippen molar-refractivity contribution in [2.75, 3.05) is 12.8 Å². The predicted molar refractivity (Wildman–Crippen MR) is 92.0 cm³/mol. The Morgan fingerprint density at radius 3 is 2.57 bits per heavy atom. The summed E-state index contributed by atoms with van der Waals surface area (Å²) in [6, 6.07) is 9.90. The molecule has 3 rings (SSSR count). The Balaban J connectivity index is 2.11. The van der Waals surface area contributed by atoms with Crippen molar-refractivity contribution in [2.45, 2.75) is 20.8 Å². The predicted octanol–water partition coefficient (Wildman–Crippen LogP) is 3.45. The number of nitrogens with two attached hydrogens (primary N) is 1. The fourth-order valence-electron chi connectivity index (χ4n) is 2.79. The van der Waals surface area contributed by atoms with Crippen LogP contribution in [0.5, 0.6) is 5.75 Å². The van der Waals surface area contributed by atoms with Crippen LogP contribution in [0.4, 0.5) is 5.69 Å². The van der Waals surface area contributed by atoms with Gasteiger partial charge in [0.15, 0.2) is 0 Å². The standard InChI is InChI=1S/C18H20N4O/c1-11-7-13(3)18(23-4)15(8-11)16-10-22(21-20-16)17-9-14(19)6-5-12(17)2/h5-10H,19H2,1-4H3. The Morgan fingerprint density at radius 2 is 1.83 bits per heavy atom. The summed E-state index contributed by atoms with van der Waals surface area (Å²) >= 11 is 0. The number of aromatic nitrogens is 3. The Kier molecular flexibility index (Phi) is 3.78. The van der Waals surface area contributed by atoms with Crippen molar-refractivity contribution < 1.29 is 4.74 Å². The summed E-state index contributed by atoms with van der Waals surface area (Å²) < 4.78 is 7.29. The van der Waals surface area contributed by atoms with Crippen LogP contribution in [0.2, 0.25) is 0 Å². The zero-order chi connectivity index (χ0) is 16.6. The van der Waals surface area contributed by atoms with Gasteiger partial charge in [-0.25, -0.2) is 4.68 Å². The van der Waals surface area contributed by atoms with E-state index in [1.165, 1.54) is 0 Å². The van der Waals surface area contributed by atoms with E-state index in [1.807, 2.05) is 38.2 Å². The summed E-state index contributed by atoms with van der Waals surface area (Å²) in [4.78, 5) is 0. The van der Waals surface area contributed by atoms with Crippen LogP contribution in [-0.4, -0.2) is 22.1 Å². The van der Waals surface area contributed by atoms with Crippen molar-refractivity contribution in [3.8, 4) is 22.7 Å². The summed E-state index contributed by atoms with van der Waals surface area (Å²) in [6.07, 6.45) is 1.90. The van der Waals surface area contributed by atoms with Gasteiger partial charge >= 0.3 is 0 Å². The number of nitrogens with zero attached hydrogens (tertiary/aromatic N) is 3. The van der Waals surface area contributed by atoms with E-state index >= 15 is 0 Å². The SMILES string of the molecule is COc1c(C)cc(C)cc1-c1cn(-c2cc(N)ccc2C)nn1. The minimum atomic E-state index is 0.701. The highest BCUT2D eigenvalue weighted by Gasteiger charge is 2.14.